The molecule has 2 aromatic rings. The van der Waals surface area contributed by atoms with Crippen LogP contribution >= 0.6 is 12.4 Å². The molecule has 2 N–H and O–H groups in total. The average Bonchev–Trinajstić information content (AvgIpc) is 3.34. The molecule has 2 heterocycles. The molecule has 1 amide bonds. The third-order valence-electron chi connectivity index (χ3n) is 5.63. The lowest BCUT2D eigenvalue weighted by Crippen LogP contribution is -2.30. The van der Waals surface area contributed by atoms with Crippen LogP contribution in [0.1, 0.15) is 23.5 Å². The highest BCUT2D eigenvalue weighted by Crippen LogP contribution is 2.44. The van der Waals surface area contributed by atoms with Crippen molar-refractivity contribution in [2.24, 2.45) is 0 Å². The lowest BCUT2D eigenvalue weighted by Gasteiger charge is -2.20. The number of carbonyl (C=O) groups is 1. The molecule has 0 unspecified atom stereocenters. The first-order valence-electron chi connectivity index (χ1n) is 9.02. The van der Waals surface area contributed by atoms with Gasteiger partial charge in [0.2, 0.25) is 0 Å². The molecule has 3 aliphatic rings. The Labute approximate surface area is 164 Å². The fourth-order valence-corrected chi connectivity index (χ4v) is 4.43. The number of nitrogens with zero attached hydrogens (tertiary/aromatic N) is 1. The van der Waals surface area contributed by atoms with Crippen molar-refractivity contribution in [1.82, 2.24) is 10.2 Å². The number of hydrogen-bond donors (Lipinski definition) is 2. The van der Waals surface area contributed by atoms with Gasteiger partial charge in [-0.1, -0.05) is 48.5 Å². The van der Waals surface area contributed by atoms with Crippen LogP contribution in [0.2, 0.25) is 0 Å². The Kier molecular flexibility index (Phi) is 4.58. The summed E-state index contributed by atoms with van der Waals surface area (Å²) in [6, 6.07) is 16.6. The Hall–Kier alpha value is -2.50. The lowest BCUT2D eigenvalue weighted by molar-refractivity contribution is 0.113. The lowest BCUT2D eigenvalue weighted by atomic mass is 9.98. The van der Waals surface area contributed by atoms with Gasteiger partial charge in [0.1, 0.15) is 12.4 Å². The van der Waals surface area contributed by atoms with E-state index < -0.39 is 0 Å². The van der Waals surface area contributed by atoms with Crippen molar-refractivity contribution >= 4 is 18.5 Å². The predicted octanol–water partition coefficient (Wildman–Crippen LogP) is 3.80. The van der Waals surface area contributed by atoms with E-state index in [2.05, 4.69) is 29.6 Å². The van der Waals surface area contributed by atoms with Crippen LogP contribution in [-0.2, 0) is 4.74 Å². The number of rotatable bonds is 2. The van der Waals surface area contributed by atoms with Crippen molar-refractivity contribution in [2.75, 3.05) is 19.7 Å². The summed E-state index contributed by atoms with van der Waals surface area (Å²) in [6.07, 6.45) is 0.434. The quantitative estimate of drug-likeness (QED) is 0.826. The van der Waals surface area contributed by atoms with Gasteiger partial charge in [-0.25, -0.2) is 4.79 Å². The van der Waals surface area contributed by atoms with E-state index in [1.54, 1.807) is 4.90 Å². The monoisotopic (exact) mass is 384 g/mol. The molecule has 2 aromatic carbocycles. The zero-order chi connectivity index (χ0) is 17.7. The minimum atomic E-state index is -0.375. The van der Waals surface area contributed by atoms with E-state index >= 15 is 0 Å². The van der Waals surface area contributed by atoms with Crippen LogP contribution < -0.4 is 5.32 Å². The summed E-state index contributed by atoms with van der Waals surface area (Å²) >= 11 is 0. The molecule has 2 aliphatic heterocycles. The molecule has 5 nitrogen and oxygen atoms in total. The van der Waals surface area contributed by atoms with Gasteiger partial charge < -0.3 is 15.2 Å². The molecule has 1 fully saturated rings. The molecule has 27 heavy (non-hydrogen) atoms. The SMILES string of the molecule is Cl.O=C(OCC1c2ccccc2-c2ccccc21)N1CC[C@H]2NCC(O)=C21. The number of hydrogen-bond acceptors (Lipinski definition) is 4. The van der Waals surface area contributed by atoms with Gasteiger partial charge in [-0.15, -0.1) is 12.4 Å². The van der Waals surface area contributed by atoms with Gasteiger partial charge in [-0.3, -0.25) is 4.90 Å². The predicted molar refractivity (Wildman–Crippen MR) is 105 cm³/mol. The highest BCUT2D eigenvalue weighted by molar-refractivity contribution is 5.85. The van der Waals surface area contributed by atoms with Gasteiger partial charge in [0, 0.05) is 12.5 Å². The standard InChI is InChI=1S/C21H20N2O3.ClH/c24-19-11-22-18-9-10-23(20(18)19)21(25)26-12-17-15-7-3-1-5-13(15)14-6-2-4-8-16(14)17;/h1-8,17-18,22,24H,9-12H2;1H/t18-;/m1./s1. The van der Waals surface area contributed by atoms with Gasteiger partial charge in [-0.2, -0.15) is 0 Å². The summed E-state index contributed by atoms with van der Waals surface area (Å²) in [4.78, 5) is 14.2. The molecule has 1 saturated heterocycles. The highest BCUT2D eigenvalue weighted by Gasteiger charge is 2.39. The van der Waals surface area contributed by atoms with Gasteiger partial charge in [0.25, 0.3) is 0 Å². The van der Waals surface area contributed by atoms with Gasteiger partial charge in [0.05, 0.1) is 18.3 Å². The molecule has 0 radical (unpaired) electrons. The summed E-state index contributed by atoms with van der Waals surface area (Å²) < 4.78 is 5.69. The normalized spacial score (nSPS) is 20.1. The maximum atomic E-state index is 12.6. The summed E-state index contributed by atoms with van der Waals surface area (Å²) in [5, 5.41) is 13.2. The zero-order valence-corrected chi connectivity index (χ0v) is 15.5. The third-order valence-corrected chi connectivity index (χ3v) is 5.63. The Bertz CT molecular complexity index is 882. The summed E-state index contributed by atoms with van der Waals surface area (Å²) in [7, 11) is 0. The summed E-state index contributed by atoms with van der Waals surface area (Å²) in [5.41, 5.74) is 5.51. The second kappa shape index (κ2) is 6.91. The van der Waals surface area contributed by atoms with Gasteiger partial charge in [-0.05, 0) is 28.7 Å². The second-order valence-electron chi connectivity index (χ2n) is 7.01. The molecule has 0 aromatic heterocycles. The molecule has 1 aliphatic carbocycles. The zero-order valence-electron chi connectivity index (χ0n) is 14.7. The number of benzene rings is 2. The van der Waals surface area contributed by atoms with Crippen LogP contribution in [0.4, 0.5) is 4.79 Å². The molecule has 140 valence electrons. The minimum absolute atomic E-state index is 0. The Morgan fingerprint density at radius 1 is 1.11 bits per heavy atom. The van der Waals surface area contributed by atoms with Crippen LogP contribution in [-0.4, -0.2) is 41.8 Å². The van der Waals surface area contributed by atoms with Crippen molar-refractivity contribution in [2.45, 2.75) is 18.4 Å². The average molecular weight is 385 g/mol. The van der Waals surface area contributed by atoms with Gasteiger partial charge >= 0.3 is 6.09 Å². The number of halogens is 1. The number of aliphatic hydroxyl groups is 1. The van der Waals surface area contributed by atoms with E-state index in [4.69, 9.17) is 4.74 Å². The number of aliphatic hydroxyl groups excluding tert-OH is 1. The molecule has 5 rings (SSSR count). The number of carbonyl (C=O) groups excluding carboxylic acids is 1. The smallest absolute Gasteiger partial charge is 0.414 e. The first kappa shape index (κ1) is 17.9. The summed E-state index contributed by atoms with van der Waals surface area (Å²) in [5.74, 6) is 0.301. The largest absolute Gasteiger partial charge is 0.509 e. The number of amides is 1. The van der Waals surface area contributed by atoms with E-state index in [9.17, 15) is 9.90 Å². The van der Waals surface area contributed by atoms with Crippen molar-refractivity contribution in [1.29, 1.82) is 0 Å². The Morgan fingerprint density at radius 3 is 2.41 bits per heavy atom. The summed E-state index contributed by atoms with van der Waals surface area (Å²) in [6.45, 7) is 1.30. The molecular weight excluding hydrogens is 364 g/mol. The number of nitrogens with one attached hydrogen (secondary N) is 1. The molecule has 0 spiro atoms. The maximum absolute atomic E-state index is 12.6. The van der Waals surface area contributed by atoms with Gasteiger partial charge in [0.15, 0.2) is 0 Å². The molecule has 0 bridgehead atoms. The van der Waals surface area contributed by atoms with Crippen LogP contribution in [0.25, 0.3) is 11.1 Å². The number of fused-ring (bicyclic) bond motifs is 4. The van der Waals surface area contributed by atoms with Crippen LogP contribution in [0.5, 0.6) is 0 Å². The number of ether oxygens (including phenoxy) is 1. The van der Waals surface area contributed by atoms with E-state index in [0.29, 0.717) is 25.4 Å². The van der Waals surface area contributed by atoms with E-state index in [-0.39, 0.29) is 36.2 Å². The fourth-order valence-electron chi connectivity index (χ4n) is 4.43. The first-order chi connectivity index (χ1) is 12.7. The maximum Gasteiger partial charge on any atom is 0.414 e. The molecule has 1 atom stereocenters. The van der Waals surface area contributed by atoms with E-state index in [1.807, 2.05) is 24.3 Å². The Balaban J connectivity index is 0.00000180. The third kappa shape index (κ3) is 2.78. The Morgan fingerprint density at radius 2 is 1.74 bits per heavy atom. The molecular formula is C21H21ClN2O3. The van der Waals surface area contributed by atoms with Crippen LogP contribution in [0.3, 0.4) is 0 Å². The van der Waals surface area contributed by atoms with Crippen molar-refractivity contribution in [3.05, 3.63) is 71.1 Å². The number of likely N-dealkylation sites (tertiary alicyclic amines) is 1. The molecule has 6 heteroatoms. The highest BCUT2D eigenvalue weighted by atomic mass is 35.5. The van der Waals surface area contributed by atoms with E-state index in [0.717, 1.165) is 6.42 Å². The van der Waals surface area contributed by atoms with Crippen LogP contribution in [0, 0.1) is 0 Å². The van der Waals surface area contributed by atoms with Crippen molar-refractivity contribution in [3.8, 4) is 11.1 Å². The van der Waals surface area contributed by atoms with Crippen LogP contribution in [0.15, 0.2) is 60.0 Å². The fraction of sp³-hybridized carbons (Fsp3) is 0.286. The van der Waals surface area contributed by atoms with E-state index in [1.165, 1.54) is 22.3 Å². The van der Waals surface area contributed by atoms with Crippen molar-refractivity contribution in [3.63, 3.8) is 0 Å². The topological polar surface area (TPSA) is 61.8 Å². The minimum Gasteiger partial charge on any atom is -0.509 e. The van der Waals surface area contributed by atoms with Crippen molar-refractivity contribution < 1.29 is 14.6 Å². The second-order valence-corrected chi connectivity index (χ2v) is 7.01. The first-order valence-corrected chi connectivity index (χ1v) is 9.02. The molecule has 0 saturated carbocycles.